The Morgan fingerprint density at radius 2 is 2.15 bits per heavy atom. The van der Waals surface area contributed by atoms with Crippen LogP contribution in [-0.4, -0.2) is 60.1 Å². The number of β-amino-alcohol motifs (C(OH)–C–C–N with tert-alkyl or cyclic N) is 1. The van der Waals surface area contributed by atoms with E-state index >= 15 is 0 Å². The van der Waals surface area contributed by atoms with Gasteiger partial charge in [-0.05, 0) is 38.7 Å². The lowest BCUT2D eigenvalue weighted by atomic mass is 10.0. The van der Waals surface area contributed by atoms with Gasteiger partial charge in [-0.1, -0.05) is 0 Å². The van der Waals surface area contributed by atoms with E-state index in [1.807, 2.05) is 19.0 Å². The van der Waals surface area contributed by atoms with Crippen molar-refractivity contribution in [2.45, 2.75) is 12.0 Å². The Balaban J connectivity index is 2.14. The highest BCUT2D eigenvalue weighted by molar-refractivity contribution is 5.94. The number of hydrogen-bond donors (Lipinski definition) is 1. The Morgan fingerprint density at radius 1 is 1.45 bits per heavy atom. The van der Waals surface area contributed by atoms with Gasteiger partial charge in [0.25, 0.3) is 5.91 Å². The Labute approximate surface area is 116 Å². The number of halogens is 2. The SMILES string of the molecule is CN(C)C[C@]1(O)CCN(C(=O)c2cc(F)ccc2F)C1. The second-order valence-electron chi connectivity index (χ2n) is 5.56. The van der Waals surface area contributed by atoms with Crippen LogP contribution in [0.5, 0.6) is 0 Å². The summed E-state index contributed by atoms with van der Waals surface area (Å²) in [6.07, 6.45) is 0.424. The first-order chi connectivity index (χ1) is 9.31. The maximum absolute atomic E-state index is 13.6. The summed E-state index contributed by atoms with van der Waals surface area (Å²) < 4.78 is 26.7. The molecular formula is C14H18F2N2O2. The fourth-order valence-corrected chi connectivity index (χ4v) is 2.58. The van der Waals surface area contributed by atoms with Crippen molar-refractivity contribution in [1.29, 1.82) is 0 Å². The quantitative estimate of drug-likeness (QED) is 0.904. The summed E-state index contributed by atoms with van der Waals surface area (Å²) in [6.45, 7) is 0.876. The molecule has 1 atom stereocenters. The largest absolute Gasteiger partial charge is 0.387 e. The number of carbonyl (C=O) groups excluding carboxylic acids is 1. The molecule has 110 valence electrons. The molecule has 6 heteroatoms. The van der Waals surface area contributed by atoms with E-state index in [2.05, 4.69) is 0 Å². The second-order valence-corrected chi connectivity index (χ2v) is 5.56. The van der Waals surface area contributed by atoms with Crippen LogP contribution >= 0.6 is 0 Å². The molecule has 1 aromatic rings. The Kier molecular flexibility index (Phi) is 4.06. The zero-order valence-electron chi connectivity index (χ0n) is 11.6. The van der Waals surface area contributed by atoms with Crippen molar-refractivity contribution in [2.75, 3.05) is 33.7 Å². The molecule has 1 aliphatic rings. The van der Waals surface area contributed by atoms with Gasteiger partial charge >= 0.3 is 0 Å². The highest BCUT2D eigenvalue weighted by Gasteiger charge is 2.39. The summed E-state index contributed by atoms with van der Waals surface area (Å²) in [5.41, 5.74) is -1.29. The molecule has 0 saturated carbocycles. The van der Waals surface area contributed by atoms with Gasteiger partial charge in [0.15, 0.2) is 0 Å². The highest BCUT2D eigenvalue weighted by Crippen LogP contribution is 2.24. The van der Waals surface area contributed by atoms with E-state index in [4.69, 9.17) is 0 Å². The van der Waals surface area contributed by atoms with Crippen molar-refractivity contribution in [2.24, 2.45) is 0 Å². The van der Waals surface area contributed by atoms with E-state index in [1.54, 1.807) is 0 Å². The predicted molar refractivity (Wildman–Crippen MR) is 70.4 cm³/mol. The first-order valence-corrected chi connectivity index (χ1v) is 6.42. The molecule has 0 bridgehead atoms. The molecule has 0 aliphatic carbocycles. The molecule has 20 heavy (non-hydrogen) atoms. The molecular weight excluding hydrogens is 266 g/mol. The van der Waals surface area contributed by atoms with Crippen molar-refractivity contribution in [3.05, 3.63) is 35.4 Å². The zero-order chi connectivity index (χ0) is 14.9. The Hall–Kier alpha value is -1.53. The molecule has 1 aromatic carbocycles. The van der Waals surface area contributed by atoms with Crippen LogP contribution in [0.15, 0.2) is 18.2 Å². The lowest BCUT2D eigenvalue weighted by molar-refractivity contribution is 0.0235. The number of amides is 1. The van der Waals surface area contributed by atoms with Crippen LogP contribution in [0.25, 0.3) is 0 Å². The first kappa shape index (κ1) is 14.9. The molecule has 0 unspecified atom stereocenters. The van der Waals surface area contributed by atoms with Gasteiger partial charge in [0.1, 0.15) is 11.6 Å². The number of likely N-dealkylation sites (tertiary alicyclic amines) is 1. The Bertz CT molecular complexity index is 522. The molecule has 0 radical (unpaired) electrons. The van der Waals surface area contributed by atoms with Gasteiger partial charge in [-0.3, -0.25) is 4.79 Å². The minimum atomic E-state index is -0.997. The monoisotopic (exact) mass is 284 g/mol. The van der Waals surface area contributed by atoms with Crippen molar-refractivity contribution in [1.82, 2.24) is 9.80 Å². The second kappa shape index (κ2) is 5.46. The van der Waals surface area contributed by atoms with E-state index in [-0.39, 0.29) is 12.1 Å². The third kappa shape index (κ3) is 3.13. The number of hydrogen-bond acceptors (Lipinski definition) is 3. The lowest BCUT2D eigenvalue weighted by Crippen LogP contribution is -2.43. The fraction of sp³-hybridized carbons (Fsp3) is 0.500. The van der Waals surface area contributed by atoms with Gasteiger partial charge in [-0.15, -0.1) is 0 Å². The molecule has 1 saturated heterocycles. The van der Waals surface area contributed by atoms with Crippen LogP contribution in [0, 0.1) is 11.6 Å². The maximum atomic E-state index is 13.6. The first-order valence-electron chi connectivity index (χ1n) is 6.42. The maximum Gasteiger partial charge on any atom is 0.257 e. The topological polar surface area (TPSA) is 43.8 Å². The van der Waals surface area contributed by atoms with E-state index < -0.39 is 23.1 Å². The molecule has 2 rings (SSSR count). The van der Waals surface area contributed by atoms with Gasteiger partial charge in [0, 0.05) is 13.1 Å². The molecule has 1 amide bonds. The van der Waals surface area contributed by atoms with Crippen LogP contribution in [0.4, 0.5) is 8.78 Å². The van der Waals surface area contributed by atoms with E-state index in [0.717, 1.165) is 18.2 Å². The Morgan fingerprint density at radius 3 is 2.80 bits per heavy atom. The van der Waals surface area contributed by atoms with Gasteiger partial charge in [-0.2, -0.15) is 0 Å². The number of likely N-dealkylation sites (N-methyl/N-ethyl adjacent to an activating group) is 1. The normalized spacial score (nSPS) is 22.6. The van der Waals surface area contributed by atoms with Crippen molar-refractivity contribution >= 4 is 5.91 Å². The standard InChI is InChI=1S/C14H18F2N2O2/c1-17(2)8-14(20)5-6-18(9-14)13(19)11-7-10(15)3-4-12(11)16/h3-4,7,20H,5-6,8-9H2,1-2H3/t14-/m1/s1. The summed E-state index contributed by atoms with van der Waals surface area (Å²) in [6, 6.07) is 2.80. The number of rotatable bonds is 3. The van der Waals surface area contributed by atoms with Gasteiger partial charge in [0.2, 0.25) is 0 Å². The van der Waals surface area contributed by atoms with E-state index in [9.17, 15) is 18.7 Å². The summed E-state index contributed by atoms with van der Waals surface area (Å²) in [4.78, 5) is 15.4. The van der Waals surface area contributed by atoms with Crippen LogP contribution in [0.3, 0.4) is 0 Å². The molecule has 0 aromatic heterocycles. The van der Waals surface area contributed by atoms with E-state index in [1.165, 1.54) is 4.90 Å². The average Bonchev–Trinajstić information content (AvgIpc) is 2.72. The molecule has 1 fully saturated rings. The highest BCUT2D eigenvalue weighted by atomic mass is 19.1. The fourth-order valence-electron chi connectivity index (χ4n) is 2.58. The number of carbonyl (C=O) groups is 1. The molecule has 1 N–H and O–H groups in total. The van der Waals surface area contributed by atoms with Crippen LogP contribution in [0.1, 0.15) is 16.8 Å². The number of aliphatic hydroxyl groups is 1. The smallest absolute Gasteiger partial charge is 0.257 e. The number of benzene rings is 1. The summed E-state index contributed by atoms with van der Waals surface area (Å²) in [7, 11) is 3.66. The van der Waals surface area contributed by atoms with Gasteiger partial charge in [-0.25, -0.2) is 8.78 Å². The zero-order valence-corrected chi connectivity index (χ0v) is 11.6. The van der Waals surface area contributed by atoms with Crippen molar-refractivity contribution in [3.8, 4) is 0 Å². The molecule has 1 heterocycles. The summed E-state index contributed by atoms with van der Waals surface area (Å²) >= 11 is 0. The van der Waals surface area contributed by atoms with Crippen LogP contribution in [0.2, 0.25) is 0 Å². The minimum absolute atomic E-state index is 0.125. The van der Waals surface area contributed by atoms with Crippen LogP contribution < -0.4 is 0 Å². The molecule has 4 nitrogen and oxygen atoms in total. The minimum Gasteiger partial charge on any atom is -0.387 e. The third-order valence-electron chi connectivity index (χ3n) is 3.39. The number of nitrogens with zero attached hydrogens (tertiary/aromatic N) is 2. The van der Waals surface area contributed by atoms with E-state index in [0.29, 0.717) is 19.5 Å². The molecule has 1 aliphatic heterocycles. The third-order valence-corrected chi connectivity index (χ3v) is 3.39. The molecule has 0 spiro atoms. The van der Waals surface area contributed by atoms with Crippen molar-refractivity contribution < 1.29 is 18.7 Å². The lowest BCUT2D eigenvalue weighted by Gasteiger charge is -2.26. The summed E-state index contributed by atoms with van der Waals surface area (Å²) in [5, 5.41) is 10.3. The van der Waals surface area contributed by atoms with Gasteiger partial charge < -0.3 is 14.9 Å². The van der Waals surface area contributed by atoms with Crippen LogP contribution in [-0.2, 0) is 0 Å². The summed E-state index contributed by atoms with van der Waals surface area (Å²) in [5.74, 6) is -1.99. The average molecular weight is 284 g/mol. The van der Waals surface area contributed by atoms with Gasteiger partial charge in [0.05, 0.1) is 17.7 Å². The predicted octanol–water partition coefficient (Wildman–Crippen LogP) is 1.10. The van der Waals surface area contributed by atoms with Crippen molar-refractivity contribution in [3.63, 3.8) is 0 Å².